The molecule has 1 atom stereocenters. The molecule has 4 rings (SSSR count). The van der Waals surface area contributed by atoms with Crippen molar-refractivity contribution in [2.75, 3.05) is 0 Å². The Bertz CT molecular complexity index is 851. The fraction of sp³-hybridized carbons (Fsp3) is 0.176. The van der Waals surface area contributed by atoms with Gasteiger partial charge in [-0.15, -0.1) is 0 Å². The van der Waals surface area contributed by atoms with E-state index >= 15 is 0 Å². The molecule has 0 saturated heterocycles. The van der Waals surface area contributed by atoms with Gasteiger partial charge in [-0.25, -0.2) is 0 Å². The number of hydrogen-bond acceptors (Lipinski definition) is 3. The van der Waals surface area contributed by atoms with Crippen molar-refractivity contribution >= 4 is 10.9 Å². The summed E-state index contributed by atoms with van der Waals surface area (Å²) in [6, 6.07) is 13.5. The summed E-state index contributed by atoms with van der Waals surface area (Å²) in [5.74, 6) is 0.686. The van der Waals surface area contributed by atoms with E-state index in [4.69, 9.17) is 4.74 Å². The van der Waals surface area contributed by atoms with Gasteiger partial charge in [0.05, 0.1) is 17.9 Å². The Morgan fingerprint density at radius 1 is 1.19 bits per heavy atom. The molecule has 0 bridgehead atoms. The summed E-state index contributed by atoms with van der Waals surface area (Å²) in [6.07, 6.45) is -0.993. The summed E-state index contributed by atoms with van der Waals surface area (Å²) in [5, 5.41) is 20.6. The maximum Gasteiger partial charge on any atom is 0.227 e. The molecule has 106 valence electrons. The highest BCUT2D eigenvalue weighted by molar-refractivity contribution is 5.94. The lowest BCUT2D eigenvalue weighted by Crippen LogP contribution is -2.13. The second-order valence-corrected chi connectivity index (χ2v) is 5.30. The molecule has 0 fully saturated rings. The maximum atomic E-state index is 10.4. The standard InChI is InChI=1S/C17H15NO3/c1-18-13-7-6-10(9-19)8-12(13)15-16(18)11-4-2-3-5-14(11)21-17(15)20/h2-8,17,19-20H,9H2,1H3. The Balaban J connectivity index is 2.12. The van der Waals surface area contributed by atoms with Gasteiger partial charge in [-0.2, -0.15) is 0 Å². The molecule has 0 radical (unpaired) electrons. The van der Waals surface area contributed by atoms with Gasteiger partial charge in [-0.1, -0.05) is 18.2 Å². The minimum atomic E-state index is -0.993. The Hall–Kier alpha value is -2.30. The topological polar surface area (TPSA) is 54.6 Å². The van der Waals surface area contributed by atoms with E-state index < -0.39 is 6.29 Å². The van der Waals surface area contributed by atoms with Crippen LogP contribution in [0.15, 0.2) is 42.5 Å². The fourth-order valence-electron chi connectivity index (χ4n) is 3.14. The monoisotopic (exact) mass is 281 g/mol. The SMILES string of the molecule is Cn1c2c(c3cc(CO)ccc31)C(O)Oc1ccccc1-2. The minimum Gasteiger partial charge on any atom is -0.460 e. The van der Waals surface area contributed by atoms with Crippen LogP contribution in [0.25, 0.3) is 22.2 Å². The van der Waals surface area contributed by atoms with Crippen molar-refractivity contribution in [2.45, 2.75) is 12.9 Å². The van der Waals surface area contributed by atoms with Crippen LogP contribution in [-0.4, -0.2) is 14.8 Å². The number of aromatic nitrogens is 1. The summed E-state index contributed by atoms with van der Waals surface area (Å²) >= 11 is 0. The summed E-state index contributed by atoms with van der Waals surface area (Å²) in [7, 11) is 1.98. The molecule has 1 unspecified atom stereocenters. The molecular weight excluding hydrogens is 266 g/mol. The molecule has 0 amide bonds. The molecule has 4 heteroatoms. The van der Waals surface area contributed by atoms with Crippen LogP contribution in [0.2, 0.25) is 0 Å². The molecule has 1 aromatic heterocycles. The Labute approximate surface area is 121 Å². The Morgan fingerprint density at radius 3 is 2.81 bits per heavy atom. The number of fused-ring (bicyclic) bond motifs is 5. The lowest BCUT2D eigenvalue weighted by atomic mass is 10.0. The average molecular weight is 281 g/mol. The number of benzene rings is 2. The first-order valence-electron chi connectivity index (χ1n) is 6.87. The predicted octanol–water partition coefficient (Wildman–Crippen LogP) is 2.72. The van der Waals surface area contributed by atoms with Crippen molar-refractivity contribution in [3.8, 4) is 17.0 Å². The van der Waals surface area contributed by atoms with Gasteiger partial charge in [0.15, 0.2) is 0 Å². The molecule has 0 spiro atoms. The minimum absolute atomic E-state index is 0.0207. The van der Waals surface area contributed by atoms with E-state index in [1.54, 1.807) is 0 Å². The van der Waals surface area contributed by atoms with Crippen LogP contribution < -0.4 is 4.74 Å². The molecule has 0 saturated carbocycles. The van der Waals surface area contributed by atoms with Crippen LogP contribution in [0.4, 0.5) is 0 Å². The lowest BCUT2D eigenvalue weighted by Gasteiger charge is -2.23. The van der Waals surface area contributed by atoms with E-state index in [9.17, 15) is 10.2 Å². The van der Waals surface area contributed by atoms with Gasteiger partial charge >= 0.3 is 0 Å². The van der Waals surface area contributed by atoms with Crippen molar-refractivity contribution in [1.82, 2.24) is 4.57 Å². The fourth-order valence-corrected chi connectivity index (χ4v) is 3.14. The van der Waals surface area contributed by atoms with Crippen molar-refractivity contribution in [3.05, 3.63) is 53.6 Å². The molecule has 3 aromatic rings. The van der Waals surface area contributed by atoms with E-state index in [2.05, 4.69) is 4.57 Å². The quantitative estimate of drug-likeness (QED) is 0.721. The second kappa shape index (κ2) is 4.35. The molecule has 1 aliphatic heterocycles. The zero-order valence-corrected chi connectivity index (χ0v) is 11.6. The first kappa shape index (κ1) is 12.4. The lowest BCUT2D eigenvalue weighted by molar-refractivity contribution is -0.0202. The number of para-hydroxylation sites is 1. The van der Waals surface area contributed by atoms with Gasteiger partial charge in [-0.3, -0.25) is 0 Å². The normalized spacial score (nSPS) is 16.4. The number of aryl methyl sites for hydroxylation is 1. The van der Waals surface area contributed by atoms with Crippen LogP contribution in [-0.2, 0) is 13.7 Å². The maximum absolute atomic E-state index is 10.4. The van der Waals surface area contributed by atoms with Crippen molar-refractivity contribution in [1.29, 1.82) is 0 Å². The van der Waals surface area contributed by atoms with Crippen LogP contribution in [0.5, 0.6) is 5.75 Å². The number of hydrogen-bond donors (Lipinski definition) is 2. The van der Waals surface area contributed by atoms with Gasteiger partial charge in [0.1, 0.15) is 5.75 Å². The Morgan fingerprint density at radius 2 is 2.00 bits per heavy atom. The zero-order valence-electron chi connectivity index (χ0n) is 11.6. The highest BCUT2D eigenvalue weighted by Crippen LogP contribution is 2.45. The van der Waals surface area contributed by atoms with Crippen LogP contribution in [0, 0.1) is 0 Å². The first-order chi connectivity index (χ1) is 10.2. The van der Waals surface area contributed by atoms with Crippen molar-refractivity contribution < 1.29 is 14.9 Å². The van der Waals surface area contributed by atoms with Crippen LogP contribution in [0.1, 0.15) is 17.4 Å². The van der Waals surface area contributed by atoms with Crippen molar-refractivity contribution in [3.63, 3.8) is 0 Å². The molecule has 2 N–H and O–H groups in total. The van der Waals surface area contributed by atoms with E-state index in [-0.39, 0.29) is 6.61 Å². The zero-order chi connectivity index (χ0) is 14.6. The number of aliphatic hydroxyl groups excluding tert-OH is 2. The van der Waals surface area contributed by atoms with E-state index in [1.807, 2.05) is 49.5 Å². The van der Waals surface area contributed by atoms with Crippen LogP contribution in [0.3, 0.4) is 0 Å². The highest BCUT2D eigenvalue weighted by Gasteiger charge is 2.30. The third kappa shape index (κ3) is 1.63. The molecule has 0 aliphatic carbocycles. The second-order valence-electron chi connectivity index (χ2n) is 5.30. The molecular formula is C17H15NO3. The Kier molecular flexibility index (Phi) is 2.58. The summed E-state index contributed by atoms with van der Waals surface area (Å²) < 4.78 is 7.70. The number of ether oxygens (including phenoxy) is 1. The third-order valence-electron chi connectivity index (χ3n) is 4.11. The molecule has 1 aliphatic rings. The van der Waals surface area contributed by atoms with Gasteiger partial charge in [0.2, 0.25) is 6.29 Å². The van der Waals surface area contributed by atoms with Crippen LogP contribution >= 0.6 is 0 Å². The molecule has 21 heavy (non-hydrogen) atoms. The predicted molar refractivity (Wildman–Crippen MR) is 79.9 cm³/mol. The van der Waals surface area contributed by atoms with E-state index in [1.165, 1.54) is 0 Å². The number of nitrogens with zero attached hydrogens (tertiary/aromatic N) is 1. The third-order valence-corrected chi connectivity index (χ3v) is 4.11. The van der Waals surface area contributed by atoms with Gasteiger partial charge in [0.25, 0.3) is 0 Å². The largest absolute Gasteiger partial charge is 0.460 e. The highest BCUT2D eigenvalue weighted by atomic mass is 16.6. The summed E-state index contributed by atoms with van der Waals surface area (Å²) in [5.41, 5.74) is 4.54. The van der Waals surface area contributed by atoms with Gasteiger partial charge in [0, 0.05) is 23.5 Å². The van der Waals surface area contributed by atoms with Crippen molar-refractivity contribution in [2.24, 2.45) is 7.05 Å². The molecule has 4 nitrogen and oxygen atoms in total. The number of rotatable bonds is 1. The van der Waals surface area contributed by atoms with E-state index in [0.29, 0.717) is 5.75 Å². The number of aliphatic hydroxyl groups is 2. The smallest absolute Gasteiger partial charge is 0.227 e. The van der Waals surface area contributed by atoms with Gasteiger partial charge < -0.3 is 19.5 Å². The molecule has 2 aromatic carbocycles. The average Bonchev–Trinajstić information content (AvgIpc) is 2.81. The van der Waals surface area contributed by atoms with E-state index in [0.717, 1.165) is 33.3 Å². The first-order valence-corrected chi connectivity index (χ1v) is 6.87. The van der Waals surface area contributed by atoms with Gasteiger partial charge in [-0.05, 0) is 29.8 Å². The summed E-state index contributed by atoms with van der Waals surface area (Å²) in [4.78, 5) is 0. The summed E-state index contributed by atoms with van der Waals surface area (Å²) in [6.45, 7) is -0.0207. The molecule has 2 heterocycles.